The van der Waals surface area contributed by atoms with E-state index < -0.39 is 0 Å². The molecule has 0 saturated carbocycles. The van der Waals surface area contributed by atoms with Crippen molar-refractivity contribution in [2.24, 2.45) is 0 Å². The molecule has 0 amide bonds. The number of rotatable bonds is 5. The Balaban J connectivity index is 2.65. The smallest absolute Gasteiger partial charge is 0.229 e. The van der Waals surface area contributed by atoms with Gasteiger partial charge >= 0.3 is 0 Å². The van der Waals surface area contributed by atoms with E-state index in [2.05, 4.69) is 21.0 Å². The van der Waals surface area contributed by atoms with Crippen LogP contribution in [0.1, 0.15) is 12.7 Å². The normalized spacial score (nSPS) is 10.9. The van der Waals surface area contributed by atoms with Crippen LogP contribution in [0, 0.1) is 0 Å². The molecule has 0 spiro atoms. The van der Waals surface area contributed by atoms with Crippen molar-refractivity contribution in [3.63, 3.8) is 0 Å². The zero-order valence-corrected chi connectivity index (χ0v) is 10.7. The molecule has 0 aliphatic rings. The first kappa shape index (κ1) is 12.8. The van der Waals surface area contributed by atoms with Gasteiger partial charge in [0.05, 0.1) is 5.75 Å². The summed E-state index contributed by atoms with van der Waals surface area (Å²) in [6.45, 7) is 2.01. The Kier molecular flexibility index (Phi) is 5.04. The van der Waals surface area contributed by atoms with Gasteiger partial charge in [-0.25, -0.2) is 0 Å². The van der Waals surface area contributed by atoms with E-state index in [1.54, 1.807) is 11.8 Å². The molecule has 0 aliphatic heterocycles. The molecule has 2 N–H and O–H groups in total. The molecule has 1 aromatic heterocycles. The minimum Gasteiger partial charge on any atom is -0.368 e. The number of hydrogen-bond acceptors (Lipinski definition) is 6. The van der Waals surface area contributed by atoms with Crippen molar-refractivity contribution in [2.45, 2.75) is 12.7 Å². The number of thioether (sulfide) groups is 1. The molecular formula is C10H17N5S. The van der Waals surface area contributed by atoms with Crippen LogP contribution in [0.15, 0.2) is 12.2 Å². The molecule has 1 heterocycles. The van der Waals surface area contributed by atoms with Crippen molar-refractivity contribution >= 4 is 23.7 Å². The van der Waals surface area contributed by atoms with Crippen molar-refractivity contribution in [1.29, 1.82) is 0 Å². The quantitative estimate of drug-likeness (QED) is 0.617. The molecule has 88 valence electrons. The van der Waals surface area contributed by atoms with Crippen LogP contribution in [-0.2, 0) is 5.75 Å². The lowest BCUT2D eigenvalue weighted by Crippen LogP contribution is -2.15. The van der Waals surface area contributed by atoms with E-state index in [0.717, 1.165) is 17.3 Å². The number of allylic oxidation sites excluding steroid dienone is 1. The predicted molar refractivity (Wildman–Crippen MR) is 69.5 cm³/mol. The largest absolute Gasteiger partial charge is 0.368 e. The lowest BCUT2D eigenvalue weighted by atomic mass is 10.6. The van der Waals surface area contributed by atoms with Gasteiger partial charge in [0.2, 0.25) is 11.9 Å². The van der Waals surface area contributed by atoms with Crippen LogP contribution in [0.2, 0.25) is 0 Å². The van der Waals surface area contributed by atoms with Crippen LogP contribution in [0.25, 0.3) is 0 Å². The summed E-state index contributed by atoms with van der Waals surface area (Å²) in [7, 11) is 3.76. The average molecular weight is 239 g/mol. The highest BCUT2D eigenvalue weighted by atomic mass is 32.2. The Morgan fingerprint density at radius 2 is 2.06 bits per heavy atom. The first-order valence-electron chi connectivity index (χ1n) is 5.00. The monoisotopic (exact) mass is 239 g/mol. The van der Waals surface area contributed by atoms with E-state index in [1.165, 1.54) is 0 Å². The van der Waals surface area contributed by atoms with E-state index in [0.29, 0.717) is 5.95 Å². The van der Waals surface area contributed by atoms with Gasteiger partial charge in [0.1, 0.15) is 5.82 Å². The third-order valence-corrected chi connectivity index (χ3v) is 2.66. The lowest BCUT2D eigenvalue weighted by molar-refractivity contribution is 0.919. The molecular weight excluding hydrogens is 222 g/mol. The number of hydrogen-bond donors (Lipinski definition) is 1. The third kappa shape index (κ3) is 4.06. The SMILES string of the molecule is C/C=C/CSCc1nc(N)nc(N(C)C)n1. The second-order valence-electron chi connectivity index (χ2n) is 3.39. The minimum absolute atomic E-state index is 0.278. The lowest BCUT2D eigenvalue weighted by Gasteiger charge is -2.10. The maximum Gasteiger partial charge on any atom is 0.229 e. The van der Waals surface area contributed by atoms with E-state index in [-0.39, 0.29) is 5.95 Å². The Bertz CT molecular complexity index is 364. The highest BCUT2D eigenvalue weighted by molar-refractivity contribution is 7.98. The van der Waals surface area contributed by atoms with Gasteiger partial charge in [-0.05, 0) is 6.92 Å². The van der Waals surface area contributed by atoms with Gasteiger partial charge in [-0.1, -0.05) is 12.2 Å². The molecule has 0 bridgehead atoms. The standard InChI is InChI=1S/C10H17N5S/c1-4-5-6-16-7-8-12-9(11)14-10(13-8)15(2)3/h4-5H,6-7H2,1-3H3,(H2,11,12,13,14)/b5-4+. The molecule has 1 aromatic rings. The fourth-order valence-electron chi connectivity index (χ4n) is 1.00. The first-order chi connectivity index (χ1) is 7.63. The van der Waals surface area contributed by atoms with Crippen molar-refractivity contribution in [2.75, 3.05) is 30.5 Å². The predicted octanol–water partition coefficient (Wildman–Crippen LogP) is 1.33. The van der Waals surface area contributed by atoms with Crippen molar-refractivity contribution in [3.05, 3.63) is 18.0 Å². The minimum atomic E-state index is 0.278. The zero-order valence-electron chi connectivity index (χ0n) is 9.84. The van der Waals surface area contributed by atoms with Gasteiger partial charge in [-0.3, -0.25) is 0 Å². The second kappa shape index (κ2) is 6.32. The summed E-state index contributed by atoms with van der Waals surface area (Å²) in [5.41, 5.74) is 5.62. The van der Waals surface area contributed by atoms with E-state index in [1.807, 2.05) is 32.0 Å². The van der Waals surface area contributed by atoms with Crippen LogP contribution in [-0.4, -0.2) is 34.8 Å². The summed E-state index contributed by atoms with van der Waals surface area (Å²) in [5, 5.41) is 0. The molecule has 0 atom stereocenters. The van der Waals surface area contributed by atoms with Crippen molar-refractivity contribution in [1.82, 2.24) is 15.0 Å². The third-order valence-electron chi connectivity index (χ3n) is 1.77. The molecule has 5 nitrogen and oxygen atoms in total. The fourth-order valence-corrected chi connectivity index (χ4v) is 1.76. The second-order valence-corrected chi connectivity index (χ2v) is 4.42. The Labute approximate surface area is 100 Å². The maximum atomic E-state index is 5.62. The number of aromatic nitrogens is 3. The van der Waals surface area contributed by atoms with E-state index >= 15 is 0 Å². The van der Waals surface area contributed by atoms with E-state index in [9.17, 15) is 0 Å². The van der Waals surface area contributed by atoms with Crippen LogP contribution in [0.3, 0.4) is 0 Å². The molecule has 0 saturated heterocycles. The number of nitrogens with two attached hydrogens (primary N) is 1. The summed E-state index contributed by atoms with van der Waals surface area (Å²) < 4.78 is 0. The Hall–Kier alpha value is -1.30. The zero-order chi connectivity index (χ0) is 12.0. The Morgan fingerprint density at radius 3 is 2.69 bits per heavy atom. The van der Waals surface area contributed by atoms with Crippen LogP contribution in [0.5, 0.6) is 0 Å². The summed E-state index contributed by atoms with van der Waals surface area (Å²) in [5.74, 6) is 3.32. The Morgan fingerprint density at radius 1 is 1.31 bits per heavy atom. The summed E-state index contributed by atoms with van der Waals surface area (Å²) in [4.78, 5) is 14.3. The maximum absolute atomic E-state index is 5.62. The van der Waals surface area contributed by atoms with Gasteiger partial charge in [-0.15, -0.1) is 11.8 Å². The number of nitrogen functional groups attached to an aromatic ring is 1. The average Bonchev–Trinajstić information content (AvgIpc) is 2.23. The molecule has 0 radical (unpaired) electrons. The van der Waals surface area contributed by atoms with Gasteiger partial charge in [0.25, 0.3) is 0 Å². The van der Waals surface area contributed by atoms with Crippen LogP contribution in [0.4, 0.5) is 11.9 Å². The van der Waals surface area contributed by atoms with Gasteiger partial charge in [-0.2, -0.15) is 15.0 Å². The van der Waals surface area contributed by atoms with Crippen molar-refractivity contribution < 1.29 is 0 Å². The van der Waals surface area contributed by atoms with Crippen LogP contribution < -0.4 is 10.6 Å². The van der Waals surface area contributed by atoms with Crippen LogP contribution >= 0.6 is 11.8 Å². The van der Waals surface area contributed by atoms with Gasteiger partial charge < -0.3 is 10.6 Å². The molecule has 0 aromatic carbocycles. The molecule has 0 fully saturated rings. The molecule has 6 heteroatoms. The summed E-state index contributed by atoms with van der Waals surface area (Å²) >= 11 is 1.75. The topological polar surface area (TPSA) is 67.9 Å². The molecule has 16 heavy (non-hydrogen) atoms. The fraction of sp³-hybridized carbons (Fsp3) is 0.500. The molecule has 1 rings (SSSR count). The number of anilines is 2. The summed E-state index contributed by atoms with van der Waals surface area (Å²) in [6, 6.07) is 0. The van der Waals surface area contributed by atoms with Gasteiger partial charge in [0.15, 0.2) is 0 Å². The van der Waals surface area contributed by atoms with Gasteiger partial charge in [0, 0.05) is 19.8 Å². The first-order valence-corrected chi connectivity index (χ1v) is 6.15. The molecule has 0 unspecified atom stereocenters. The van der Waals surface area contributed by atoms with E-state index in [4.69, 9.17) is 5.73 Å². The van der Waals surface area contributed by atoms with Crippen molar-refractivity contribution in [3.8, 4) is 0 Å². The highest BCUT2D eigenvalue weighted by Crippen LogP contribution is 2.12. The highest BCUT2D eigenvalue weighted by Gasteiger charge is 2.05. The summed E-state index contributed by atoms with van der Waals surface area (Å²) in [6.07, 6.45) is 4.13. The number of nitrogens with zero attached hydrogens (tertiary/aromatic N) is 4. The molecule has 0 aliphatic carbocycles.